The average molecular weight is 318 g/mol. The number of aryl methyl sites for hydroxylation is 2. The van der Waals surface area contributed by atoms with E-state index in [1.807, 2.05) is 0 Å². The predicted molar refractivity (Wildman–Crippen MR) is 79.8 cm³/mol. The number of carbonyl (C=O) groups excluding carboxylic acids is 1. The first-order valence-electron chi connectivity index (χ1n) is 6.61. The fraction of sp³-hybridized carbons (Fsp3) is 0.667. The minimum Gasteiger partial charge on any atom is -0.346 e. The summed E-state index contributed by atoms with van der Waals surface area (Å²) < 4.78 is 1.27. The molecule has 9 heteroatoms. The molecule has 0 saturated carbocycles. The standard InChI is InChI=1S/C12H19N5O3.ClH/c1-7-4-5-13-6-9(7)14-12(18)11-10(17(19)20)8(2)15-16(11)3;/h7,9,13H,4-6H2,1-3H3,(H,14,18);1H. The van der Waals surface area contributed by atoms with E-state index in [-0.39, 0.29) is 35.5 Å². The summed E-state index contributed by atoms with van der Waals surface area (Å²) in [7, 11) is 1.54. The molecule has 1 amide bonds. The molecule has 2 heterocycles. The number of nitro groups is 1. The molecular formula is C12H20ClN5O3. The Kier molecular flexibility index (Phi) is 5.68. The van der Waals surface area contributed by atoms with Crippen LogP contribution in [-0.4, -0.2) is 39.7 Å². The minimum absolute atomic E-state index is 0. The van der Waals surface area contributed by atoms with Crippen molar-refractivity contribution in [1.82, 2.24) is 20.4 Å². The van der Waals surface area contributed by atoms with Crippen molar-refractivity contribution in [2.75, 3.05) is 13.1 Å². The highest BCUT2D eigenvalue weighted by atomic mass is 35.5. The zero-order valence-electron chi connectivity index (χ0n) is 12.3. The SMILES string of the molecule is Cc1nn(C)c(C(=O)NC2CNCCC2C)c1[N+](=O)[O-].Cl. The first-order valence-corrected chi connectivity index (χ1v) is 6.61. The van der Waals surface area contributed by atoms with E-state index in [1.54, 1.807) is 0 Å². The summed E-state index contributed by atoms with van der Waals surface area (Å²) >= 11 is 0. The monoisotopic (exact) mass is 317 g/mol. The number of nitrogens with zero attached hydrogens (tertiary/aromatic N) is 3. The Morgan fingerprint density at radius 2 is 2.24 bits per heavy atom. The van der Waals surface area contributed by atoms with Crippen molar-refractivity contribution in [1.29, 1.82) is 0 Å². The molecule has 1 saturated heterocycles. The van der Waals surface area contributed by atoms with E-state index in [0.29, 0.717) is 12.5 Å². The molecule has 0 radical (unpaired) electrons. The third-order valence-corrected chi connectivity index (χ3v) is 3.73. The molecule has 1 aliphatic rings. The van der Waals surface area contributed by atoms with Crippen molar-refractivity contribution >= 4 is 24.0 Å². The number of carbonyl (C=O) groups is 1. The van der Waals surface area contributed by atoms with Crippen LogP contribution in [0.15, 0.2) is 0 Å². The van der Waals surface area contributed by atoms with Crippen LogP contribution in [-0.2, 0) is 7.05 Å². The summed E-state index contributed by atoms with van der Waals surface area (Å²) in [5, 5.41) is 21.1. The lowest BCUT2D eigenvalue weighted by molar-refractivity contribution is -0.385. The van der Waals surface area contributed by atoms with E-state index in [2.05, 4.69) is 22.7 Å². The van der Waals surface area contributed by atoms with Crippen LogP contribution < -0.4 is 10.6 Å². The van der Waals surface area contributed by atoms with Crippen molar-refractivity contribution in [3.05, 3.63) is 21.5 Å². The van der Waals surface area contributed by atoms with E-state index in [0.717, 1.165) is 13.0 Å². The lowest BCUT2D eigenvalue weighted by atomic mass is 9.95. The summed E-state index contributed by atoms with van der Waals surface area (Å²) in [6, 6.07) is -0.0222. The van der Waals surface area contributed by atoms with Gasteiger partial charge in [-0.05, 0) is 25.8 Å². The van der Waals surface area contributed by atoms with Crippen LogP contribution in [0.2, 0.25) is 0 Å². The summed E-state index contributed by atoms with van der Waals surface area (Å²) in [5.41, 5.74) is 0.0316. The molecule has 1 aliphatic heterocycles. The van der Waals surface area contributed by atoms with E-state index in [9.17, 15) is 14.9 Å². The van der Waals surface area contributed by atoms with E-state index in [4.69, 9.17) is 0 Å². The smallest absolute Gasteiger partial charge is 0.322 e. The predicted octanol–water partition coefficient (Wildman–Crippen LogP) is 0.786. The summed E-state index contributed by atoms with van der Waals surface area (Å²) in [6.07, 6.45) is 0.970. The number of nitrogens with one attached hydrogen (secondary N) is 2. The van der Waals surface area contributed by atoms with Crippen LogP contribution >= 0.6 is 12.4 Å². The highest BCUT2D eigenvalue weighted by molar-refractivity contribution is 5.97. The van der Waals surface area contributed by atoms with Crippen molar-refractivity contribution in [3.63, 3.8) is 0 Å². The van der Waals surface area contributed by atoms with Gasteiger partial charge in [-0.15, -0.1) is 12.4 Å². The number of piperidine rings is 1. The topological polar surface area (TPSA) is 102 Å². The summed E-state index contributed by atoms with van der Waals surface area (Å²) in [4.78, 5) is 22.8. The maximum Gasteiger partial charge on any atom is 0.322 e. The van der Waals surface area contributed by atoms with E-state index in [1.165, 1.54) is 18.7 Å². The molecule has 118 valence electrons. The van der Waals surface area contributed by atoms with Gasteiger partial charge in [-0.2, -0.15) is 5.10 Å². The van der Waals surface area contributed by atoms with Gasteiger partial charge < -0.3 is 10.6 Å². The molecule has 1 aromatic heterocycles. The maximum atomic E-state index is 12.3. The largest absolute Gasteiger partial charge is 0.346 e. The lowest BCUT2D eigenvalue weighted by Gasteiger charge is -2.30. The lowest BCUT2D eigenvalue weighted by Crippen LogP contribution is -2.50. The molecule has 8 nitrogen and oxygen atoms in total. The molecule has 2 rings (SSSR count). The van der Waals surface area contributed by atoms with Gasteiger partial charge in [-0.3, -0.25) is 19.6 Å². The number of rotatable bonds is 3. The molecular weight excluding hydrogens is 298 g/mol. The van der Waals surface area contributed by atoms with Gasteiger partial charge in [0.2, 0.25) is 5.69 Å². The second-order valence-corrected chi connectivity index (χ2v) is 5.21. The van der Waals surface area contributed by atoms with Gasteiger partial charge in [0.1, 0.15) is 5.69 Å². The maximum absolute atomic E-state index is 12.3. The molecule has 0 aromatic carbocycles. The molecule has 1 fully saturated rings. The first-order chi connectivity index (χ1) is 9.41. The Balaban J connectivity index is 0.00000220. The molecule has 0 aliphatic carbocycles. The van der Waals surface area contributed by atoms with Gasteiger partial charge >= 0.3 is 5.69 Å². The van der Waals surface area contributed by atoms with Crippen molar-refractivity contribution in [2.45, 2.75) is 26.3 Å². The van der Waals surface area contributed by atoms with E-state index >= 15 is 0 Å². The molecule has 0 bridgehead atoms. The van der Waals surface area contributed by atoms with Crippen LogP contribution in [0.25, 0.3) is 0 Å². The van der Waals surface area contributed by atoms with Gasteiger partial charge in [0.15, 0.2) is 0 Å². The van der Waals surface area contributed by atoms with Crippen LogP contribution in [0.4, 0.5) is 5.69 Å². The minimum atomic E-state index is -0.556. The zero-order valence-corrected chi connectivity index (χ0v) is 13.1. The normalized spacial score (nSPS) is 21.5. The van der Waals surface area contributed by atoms with Gasteiger partial charge in [0.25, 0.3) is 5.91 Å². The Hall–Kier alpha value is -1.67. The van der Waals surface area contributed by atoms with Gasteiger partial charge in [-0.25, -0.2) is 0 Å². The average Bonchev–Trinajstić information content (AvgIpc) is 2.67. The fourth-order valence-corrected chi connectivity index (χ4v) is 2.54. The van der Waals surface area contributed by atoms with E-state index < -0.39 is 10.8 Å². The molecule has 2 atom stereocenters. The molecule has 2 unspecified atom stereocenters. The highest BCUT2D eigenvalue weighted by Crippen LogP contribution is 2.22. The van der Waals surface area contributed by atoms with Crippen LogP contribution in [0, 0.1) is 23.0 Å². The Morgan fingerprint density at radius 1 is 1.57 bits per heavy atom. The van der Waals surface area contributed by atoms with Crippen molar-refractivity contribution in [2.24, 2.45) is 13.0 Å². The molecule has 1 aromatic rings. The van der Waals surface area contributed by atoms with Gasteiger partial charge in [-0.1, -0.05) is 6.92 Å². The third-order valence-electron chi connectivity index (χ3n) is 3.73. The van der Waals surface area contributed by atoms with Crippen LogP contribution in [0.5, 0.6) is 0 Å². The number of hydrogen-bond donors (Lipinski definition) is 2. The van der Waals surface area contributed by atoms with Crippen molar-refractivity contribution < 1.29 is 9.72 Å². The quantitative estimate of drug-likeness (QED) is 0.634. The summed E-state index contributed by atoms with van der Waals surface area (Å²) in [5.74, 6) is -0.103. The molecule has 2 N–H and O–H groups in total. The van der Waals surface area contributed by atoms with Crippen LogP contribution in [0.3, 0.4) is 0 Å². The third kappa shape index (κ3) is 3.51. The Labute approximate surface area is 128 Å². The number of halogens is 1. The number of amides is 1. The Morgan fingerprint density at radius 3 is 2.81 bits per heavy atom. The van der Waals surface area contributed by atoms with Gasteiger partial charge in [0, 0.05) is 19.6 Å². The second-order valence-electron chi connectivity index (χ2n) is 5.21. The molecule has 21 heavy (non-hydrogen) atoms. The van der Waals surface area contributed by atoms with Crippen LogP contribution in [0.1, 0.15) is 29.5 Å². The first kappa shape index (κ1) is 17.4. The van der Waals surface area contributed by atoms with Crippen molar-refractivity contribution in [3.8, 4) is 0 Å². The highest BCUT2D eigenvalue weighted by Gasteiger charge is 2.31. The zero-order chi connectivity index (χ0) is 14.9. The van der Waals surface area contributed by atoms with Gasteiger partial charge in [0.05, 0.1) is 4.92 Å². The number of aromatic nitrogens is 2. The Bertz CT molecular complexity index is 545. The summed E-state index contributed by atoms with van der Waals surface area (Å²) in [6.45, 7) is 5.20. The fourth-order valence-electron chi connectivity index (χ4n) is 2.54. The second kappa shape index (κ2) is 6.86. The molecule has 0 spiro atoms. The number of hydrogen-bond acceptors (Lipinski definition) is 5.